The fourth-order valence-corrected chi connectivity index (χ4v) is 3.11. The smallest absolute Gasteiger partial charge is 0.258 e. The Kier molecular flexibility index (Phi) is 4.46. The molecule has 5 nitrogen and oxygen atoms in total. The molecule has 0 atom stereocenters. The van der Waals surface area contributed by atoms with Crippen molar-refractivity contribution in [1.82, 2.24) is 14.7 Å². The lowest BCUT2D eigenvalue weighted by Gasteiger charge is -2.17. The van der Waals surface area contributed by atoms with Gasteiger partial charge < -0.3 is 5.32 Å². The number of thiazole rings is 1. The predicted molar refractivity (Wildman–Crippen MR) is 84.9 cm³/mol. The zero-order valence-electron chi connectivity index (χ0n) is 12.9. The summed E-state index contributed by atoms with van der Waals surface area (Å²) in [5.41, 5.74) is 1.54. The molecule has 0 aliphatic heterocycles. The van der Waals surface area contributed by atoms with Gasteiger partial charge in [-0.05, 0) is 12.3 Å². The van der Waals surface area contributed by atoms with Gasteiger partial charge in [0.25, 0.3) is 5.56 Å². The van der Waals surface area contributed by atoms with E-state index in [-0.39, 0.29) is 16.9 Å². The van der Waals surface area contributed by atoms with Crippen molar-refractivity contribution in [2.45, 2.75) is 40.5 Å². The Morgan fingerprint density at radius 1 is 1.43 bits per heavy atom. The summed E-state index contributed by atoms with van der Waals surface area (Å²) in [6.45, 7) is 8.44. The van der Waals surface area contributed by atoms with Gasteiger partial charge >= 0.3 is 0 Å². The zero-order valence-corrected chi connectivity index (χ0v) is 13.7. The van der Waals surface area contributed by atoms with Crippen LogP contribution in [0.5, 0.6) is 0 Å². The fourth-order valence-electron chi connectivity index (χ4n) is 2.13. The Labute approximate surface area is 128 Å². The van der Waals surface area contributed by atoms with Crippen LogP contribution in [0.25, 0.3) is 4.96 Å². The summed E-state index contributed by atoms with van der Waals surface area (Å²) in [4.78, 5) is 28.8. The third kappa shape index (κ3) is 4.14. The highest BCUT2D eigenvalue weighted by Crippen LogP contribution is 2.18. The number of hydrogen-bond donors (Lipinski definition) is 1. The third-order valence-corrected chi connectivity index (χ3v) is 3.87. The number of aromatic nitrogens is 2. The number of hydrogen-bond acceptors (Lipinski definition) is 4. The van der Waals surface area contributed by atoms with Crippen molar-refractivity contribution in [3.8, 4) is 0 Å². The van der Waals surface area contributed by atoms with E-state index in [9.17, 15) is 9.59 Å². The van der Waals surface area contributed by atoms with E-state index in [1.54, 1.807) is 4.40 Å². The lowest BCUT2D eigenvalue weighted by Crippen LogP contribution is -2.29. The van der Waals surface area contributed by atoms with Crippen molar-refractivity contribution in [3.63, 3.8) is 0 Å². The molecular formula is C15H21N3O2S. The van der Waals surface area contributed by atoms with Gasteiger partial charge in [0, 0.05) is 42.2 Å². The molecule has 2 heterocycles. The van der Waals surface area contributed by atoms with Crippen LogP contribution in [0.4, 0.5) is 0 Å². The highest BCUT2D eigenvalue weighted by atomic mass is 32.1. The van der Waals surface area contributed by atoms with Crippen LogP contribution in [-0.4, -0.2) is 21.8 Å². The Morgan fingerprint density at radius 2 is 2.14 bits per heavy atom. The molecule has 0 aliphatic rings. The predicted octanol–water partition coefficient (Wildman–Crippen LogP) is 2.16. The minimum atomic E-state index is -0.0604. The topological polar surface area (TPSA) is 63.5 Å². The molecule has 2 aromatic heterocycles. The van der Waals surface area contributed by atoms with Gasteiger partial charge in [-0.2, -0.15) is 0 Å². The Hall–Kier alpha value is -1.69. The van der Waals surface area contributed by atoms with E-state index >= 15 is 0 Å². The van der Waals surface area contributed by atoms with Gasteiger partial charge in [0.2, 0.25) is 5.91 Å². The standard InChI is InChI=1S/C15H21N3O2S/c1-10-7-13(20)18-11(9-21-14(18)17-10)5-6-16-12(19)8-15(2,3)4/h7,9H,5-6,8H2,1-4H3,(H,16,19). The normalized spacial score (nSPS) is 11.8. The van der Waals surface area contributed by atoms with Gasteiger partial charge in [-0.25, -0.2) is 4.98 Å². The summed E-state index contributed by atoms with van der Waals surface area (Å²) in [7, 11) is 0. The van der Waals surface area contributed by atoms with Crippen LogP contribution in [0.2, 0.25) is 0 Å². The molecule has 0 saturated heterocycles. The van der Waals surface area contributed by atoms with Crippen molar-refractivity contribution in [1.29, 1.82) is 0 Å². The second-order valence-corrected chi connectivity index (χ2v) is 7.25. The third-order valence-electron chi connectivity index (χ3n) is 3.00. The first kappa shape index (κ1) is 15.7. The Morgan fingerprint density at radius 3 is 2.81 bits per heavy atom. The first-order chi connectivity index (χ1) is 9.76. The maximum atomic E-state index is 12.0. The number of aryl methyl sites for hydroxylation is 1. The van der Waals surface area contributed by atoms with Crippen molar-refractivity contribution >= 4 is 22.2 Å². The molecule has 1 N–H and O–H groups in total. The number of nitrogens with one attached hydrogen (secondary N) is 1. The highest BCUT2D eigenvalue weighted by Gasteiger charge is 2.15. The first-order valence-electron chi connectivity index (χ1n) is 7.00. The quantitative estimate of drug-likeness (QED) is 0.941. The van der Waals surface area contributed by atoms with E-state index in [2.05, 4.69) is 10.3 Å². The number of rotatable bonds is 4. The Balaban J connectivity index is 2.02. The lowest BCUT2D eigenvalue weighted by molar-refractivity contribution is -0.122. The van der Waals surface area contributed by atoms with Gasteiger partial charge in [0.05, 0.1) is 0 Å². The van der Waals surface area contributed by atoms with E-state index in [0.29, 0.717) is 24.3 Å². The second kappa shape index (κ2) is 5.97. The van der Waals surface area contributed by atoms with Gasteiger partial charge in [-0.15, -0.1) is 11.3 Å². The molecule has 0 spiro atoms. The number of carbonyl (C=O) groups excluding carboxylic acids is 1. The highest BCUT2D eigenvalue weighted by molar-refractivity contribution is 7.15. The molecule has 0 saturated carbocycles. The number of carbonyl (C=O) groups is 1. The maximum absolute atomic E-state index is 12.0. The fraction of sp³-hybridized carbons (Fsp3) is 0.533. The molecule has 6 heteroatoms. The molecule has 0 aliphatic carbocycles. The first-order valence-corrected chi connectivity index (χ1v) is 7.88. The summed E-state index contributed by atoms with van der Waals surface area (Å²) in [5, 5.41) is 4.83. The van der Waals surface area contributed by atoms with E-state index in [4.69, 9.17) is 0 Å². The van der Waals surface area contributed by atoms with Crippen molar-refractivity contribution in [2.75, 3.05) is 6.54 Å². The average molecular weight is 307 g/mol. The monoisotopic (exact) mass is 307 g/mol. The summed E-state index contributed by atoms with van der Waals surface area (Å²) in [6, 6.07) is 1.53. The maximum Gasteiger partial charge on any atom is 0.258 e. The summed E-state index contributed by atoms with van der Waals surface area (Å²) in [5.74, 6) is 0.0448. The van der Waals surface area contributed by atoms with Gasteiger partial charge in [-0.3, -0.25) is 14.0 Å². The van der Waals surface area contributed by atoms with Crippen LogP contribution in [-0.2, 0) is 11.2 Å². The molecule has 2 aromatic rings. The lowest BCUT2D eigenvalue weighted by atomic mass is 9.92. The molecule has 2 rings (SSSR count). The number of amides is 1. The molecular weight excluding hydrogens is 286 g/mol. The molecule has 114 valence electrons. The number of nitrogens with zero attached hydrogens (tertiary/aromatic N) is 2. The van der Waals surface area contributed by atoms with Crippen LogP contribution in [0.15, 0.2) is 16.2 Å². The van der Waals surface area contributed by atoms with Crippen molar-refractivity contribution in [3.05, 3.63) is 33.2 Å². The molecule has 0 aromatic carbocycles. The van der Waals surface area contributed by atoms with E-state index in [1.807, 2.05) is 33.1 Å². The average Bonchev–Trinajstić information content (AvgIpc) is 2.69. The molecule has 0 radical (unpaired) electrons. The SMILES string of the molecule is Cc1cc(=O)n2c(CCNC(=O)CC(C)(C)C)csc2n1. The summed E-state index contributed by atoms with van der Waals surface area (Å²) in [6.07, 6.45) is 1.12. The summed E-state index contributed by atoms with van der Waals surface area (Å²) >= 11 is 1.45. The minimum Gasteiger partial charge on any atom is -0.356 e. The van der Waals surface area contributed by atoms with Gasteiger partial charge in [0.15, 0.2) is 4.96 Å². The molecule has 0 fully saturated rings. The van der Waals surface area contributed by atoms with E-state index in [0.717, 1.165) is 11.4 Å². The number of fused-ring (bicyclic) bond motifs is 1. The van der Waals surface area contributed by atoms with Gasteiger partial charge in [0.1, 0.15) is 0 Å². The molecule has 21 heavy (non-hydrogen) atoms. The van der Waals surface area contributed by atoms with Crippen LogP contribution < -0.4 is 10.9 Å². The van der Waals surface area contributed by atoms with E-state index < -0.39 is 0 Å². The molecule has 0 unspecified atom stereocenters. The molecule has 1 amide bonds. The van der Waals surface area contributed by atoms with Crippen LogP contribution in [0.1, 0.15) is 38.6 Å². The molecule has 0 bridgehead atoms. The summed E-state index contributed by atoms with van der Waals surface area (Å²) < 4.78 is 1.62. The second-order valence-electron chi connectivity index (χ2n) is 6.42. The van der Waals surface area contributed by atoms with E-state index in [1.165, 1.54) is 17.4 Å². The Bertz CT molecular complexity index is 710. The van der Waals surface area contributed by atoms with Crippen molar-refractivity contribution < 1.29 is 4.79 Å². The minimum absolute atomic E-state index is 0.0163. The van der Waals surface area contributed by atoms with Gasteiger partial charge in [-0.1, -0.05) is 20.8 Å². The van der Waals surface area contributed by atoms with Crippen LogP contribution >= 0.6 is 11.3 Å². The van der Waals surface area contributed by atoms with Crippen LogP contribution in [0.3, 0.4) is 0 Å². The zero-order chi connectivity index (χ0) is 15.6. The van der Waals surface area contributed by atoms with Crippen molar-refractivity contribution in [2.24, 2.45) is 5.41 Å². The largest absolute Gasteiger partial charge is 0.356 e. The van der Waals surface area contributed by atoms with Crippen LogP contribution in [0, 0.1) is 12.3 Å².